The van der Waals surface area contributed by atoms with Crippen LogP contribution in [0.15, 0.2) is 18.3 Å². The van der Waals surface area contributed by atoms with Crippen LogP contribution in [0.4, 0.5) is 10.6 Å². The van der Waals surface area contributed by atoms with Gasteiger partial charge in [-0.3, -0.25) is 0 Å². The van der Waals surface area contributed by atoms with Gasteiger partial charge < -0.3 is 20.3 Å². The topological polar surface area (TPSA) is 66.5 Å². The number of anilines is 1. The number of rotatable bonds is 4. The van der Waals surface area contributed by atoms with Crippen LogP contribution in [0.5, 0.6) is 0 Å². The molecule has 1 aliphatic carbocycles. The number of carbonyl (C=O) groups is 1. The van der Waals surface area contributed by atoms with E-state index in [9.17, 15) is 4.79 Å². The quantitative estimate of drug-likeness (QED) is 0.879. The van der Waals surface area contributed by atoms with Crippen molar-refractivity contribution in [1.29, 1.82) is 0 Å². The molecule has 2 heterocycles. The van der Waals surface area contributed by atoms with Gasteiger partial charge in [0, 0.05) is 31.9 Å². The molecule has 2 fully saturated rings. The van der Waals surface area contributed by atoms with E-state index < -0.39 is 0 Å². The normalized spacial score (nSPS) is 27.0. The number of carbonyl (C=O) groups excluding carboxylic acids is 1. The first kappa shape index (κ1) is 18.0. The first-order chi connectivity index (χ1) is 12.1. The van der Waals surface area contributed by atoms with E-state index in [0.717, 1.165) is 50.0 Å². The largest absolute Gasteiger partial charge is 0.378 e. The standard InChI is InChI=1S/C19H30N4O2/c1-14-3-4-17(15(2)11-14)22-19(24)21-13-16-5-6-20-18(12-16)23-7-9-25-10-8-23/h5-6,12,14-15,17H,3-4,7-11,13H2,1-2H3,(H2,21,22,24)/t14-,15+,17+/m1/s1. The van der Waals surface area contributed by atoms with Crippen LogP contribution in [0, 0.1) is 11.8 Å². The molecule has 1 aromatic heterocycles. The third-order valence-corrected chi connectivity index (χ3v) is 5.35. The molecule has 1 aliphatic heterocycles. The summed E-state index contributed by atoms with van der Waals surface area (Å²) in [5.74, 6) is 2.27. The summed E-state index contributed by atoms with van der Waals surface area (Å²) in [6.45, 7) is 8.25. The fourth-order valence-corrected chi connectivity index (χ4v) is 3.82. The number of hydrogen-bond donors (Lipinski definition) is 2. The average Bonchev–Trinajstić information content (AvgIpc) is 2.63. The van der Waals surface area contributed by atoms with Gasteiger partial charge in [0.2, 0.25) is 0 Å². The summed E-state index contributed by atoms with van der Waals surface area (Å²) in [6, 6.07) is 4.22. The van der Waals surface area contributed by atoms with Crippen molar-refractivity contribution in [2.45, 2.75) is 45.7 Å². The fraction of sp³-hybridized carbons (Fsp3) is 0.684. The Bertz CT molecular complexity index is 574. The molecule has 138 valence electrons. The maximum atomic E-state index is 12.2. The van der Waals surface area contributed by atoms with Crippen molar-refractivity contribution in [2.75, 3.05) is 31.2 Å². The summed E-state index contributed by atoms with van der Waals surface area (Å²) < 4.78 is 5.38. The first-order valence-corrected chi connectivity index (χ1v) is 9.44. The summed E-state index contributed by atoms with van der Waals surface area (Å²) in [5, 5.41) is 6.13. The molecule has 2 aliphatic rings. The van der Waals surface area contributed by atoms with Gasteiger partial charge in [0.05, 0.1) is 13.2 Å². The Morgan fingerprint density at radius 1 is 1.32 bits per heavy atom. The number of aromatic nitrogens is 1. The molecule has 3 atom stereocenters. The fourth-order valence-electron chi connectivity index (χ4n) is 3.82. The molecule has 3 rings (SSSR count). The lowest BCUT2D eigenvalue weighted by Gasteiger charge is -2.33. The third kappa shape index (κ3) is 5.08. The monoisotopic (exact) mass is 346 g/mol. The van der Waals surface area contributed by atoms with Crippen molar-refractivity contribution in [2.24, 2.45) is 11.8 Å². The molecule has 6 heteroatoms. The van der Waals surface area contributed by atoms with Crippen LogP contribution >= 0.6 is 0 Å². The lowest BCUT2D eigenvalue weighted by Crippen LogP contribution is -2.46. The Morgan fingerprint density at radius 2 is 2.12 bits per heavy atom. The summed E-state index contributed by atoms with van der Waals surface area (Å²) in [7, 11) is 0. The van der Waals surface area contributed by atoms with Gasteiger partial charge >= 0.3 is 6.03 Å². The van der Waals surface area contributed by atoms with Crippen molar-refractivity contribution in [3.63, 3.8) is 0 Å². The third-order valence-electron chi connectivity index (χ3n) is 5.35. The predicted molar refractivity (Wildman–Crippen MR) is 98.6 cm³/mol. The van der Waals surface area contributed by atoms with Gasteiger partial charge in [0.15, 0.2) is 0 Å². The Morgan fingerprint density at radius 3 is 2.88 bits per heavy atom. The van der Waals surface area contributed by atoms with E-state index >= 15 is 0 Å². The number of hydrogen-bond acceptors (Lipinski definition) is 4. The van der Waals surface area contributed by atoms with Gasteiger partial charge in [0.1, 0.15) is 5.82 Å². The molecule has 1 aromatic rings. The van der Waals surface area contributed by atoms with Crippen molar-refractivity contribution in [3.8, 4) is 0 Å². The highest BCUT2D eigenvalue weighted by atomic mass is 16.5. The van der Waals surface area contributed by atoms with Crippen LogP contribution in [0.2, 0.25) is 0 Å². The number of nitrogens with zero attached hydrogens (tertiary/aromatic N) is 2. The molecule has 0 radical (unpaired) electrons. The average molecular weight is 346 g/mol. The molecule has 0 unspecified atom stereocenters. The highest BCUT2D eigenvalue weighted by molar-refractivity contribution is 5.74. The molecular formula is C19H30N4O2. The van der Waals surface area contributed by atoms with E-state index in [1.807, 2.05) is 12.3 Å². The van der Waals surface area contributed by atoms with Gasteiger partial charge in [-0.05, 0) is 48.8 Å². The molecule has 2 amide bonds. The summed E-state index contributed by atoms with van der Waals surface area (Å²) in [5.41, 5.74) is 1.07. The highest BCUT2D eigenvalue weighted by Gasteiger charge is 2.26. The van der Waals surface area contributed by atoms with Crippen LogP contribution in [0.25, 0.3) is 0 Å². The van der Waals surface area contributed by atoms with Crippen molar-refractivity contribution in [1.82, 2.24) is 15.6 Å². The SMILES string of the molecule is C[C@@H]1CC[C@H](NC(=O)NCc2ccnc(N3CCOCC3)c2)[C@@H](C)C1. The zero-order chi connectivity index (χ0) is 17.6. The Balaban J connectivity index is 1.48. The van der Waals surface area contributed by atoms with Crippen LogP contribution in [-0.2, 0) is 11.3 Å². The van der Waals surface area contributed by atoms with E-state index in [-0.39, 0.29) is 12.1 Å². The maximum Gasteiger partial charge on any atom is 0.315 e. The predicted octanol–water partition coefficient (Wildman–Crippen LogP) is 2.54. The van der Waals surface area contributed by atoms with Gasteiger partial charge in [-0.15, -0.1) is 0 Å². The van der Waals surface area contributed by atoms with Gasteiger partial charge in [0.25, 0.3) is 0 Å². The zero-order valence-electron chi connectivity index (χ0n) is 15.3. The number of urea groups is 1. The van der Waals surface area contributed by atoms with E-state index in [1.165, 1.54) is 12.8 Å². The minimum absolute atomic E-state index is 0.0730. The van der Waals surface area contributed by atoms with Gasteiger partial charge in [-0.25, -0.2) is 9.78 Å². The smallest absolute Gasteiger partial charge is 0.315 e. The van der Waals surface area contributed by atoms with Crippen molar-refractivity contribution >= 4 is 11.8 Å². The summed E-state index contributed by atoms with van der Waals surface area (Å²) in [4.78, 5) is 18.9. The van der Waals surface area contributed by atoms with Crippen molar-refractivity contribution < 1.29 is 9.53 Å². The number of amides is 2. The first-order valence-electron chi connectivity index (χ1n) is 9.44. The maximum absolute atomic E-state index is 12.2. The van der Waals surface area contributed by atoms with E-state index in [1.54, 1.807) is 0 Å². The number of morpholine rings is 1. The number of ether oxygens (including phenoxy) is 1. The minimum atomic E-state index is -0.0730. The molecule has 0 bridgehead atoms. The second-order valence-electron chi connectivity index (χ2n) is 7.45. The van der Waals surface area contributed by atoms with Gasteiger partial charge in [-0.2, -0.15) is 0 Å². The molecule has 1 saturated carbocycles. The molecule has 0 spiro atoms. The number of nitrogens with one attached hydrogen (secondary N) is 2. The summed E-state index contributed by atoms with van der Waals surface area (Å²) in [6.07, 6.45) is 5.28. The minimum Gasteiger partial charge on any atom is -0.378 e. The lowest BCUT2D eigenvalue weighted by molar-refractivity contribution is 0.122. The Hall–Kier alpha value is -1.82. The van der Waals surface area contributed by atoms with Crippen LogP contribution in [-0.4, -0.2) is 43.4 Å². The molecule has 2 N–H and O–H groups in total. The Kier molecular flexibility index (Phi) is 6.13. The zero-order valence-corrected chi connectivity index (χ0v) is 15.3. The highest BCUT2D eigenvalue weighted by Crippen LogP contribution is 2.28. The van der Waals surface area contributed by atoms with E-state index in [2.05, 4.69) is 40.4 Å². The number of pyridine rings is 1. The van der Waals surface area contributed by atoms with E-state index in [4.69, 9.17) is 4.74 Å². The van der Waals surface area contributed by atoms with Gasteiger partial charge in [-0.1, -0.05) is 13.8 Å². The molecule has 0 aromatic carbocycles. The molecule has 25 heavy (non-hydrogen) atoms. The van der Waals surface area contributed by atoms with Crippen molar-refractivity contribution in [3.05, 3.63) is 23.9 Å². The second-order valence-corrected chi connectivity index (χ2v) is 7.45. The van der Waals surface area contributed by atoms with E-state index in [0.29, 0.717) is 12.5 Å². The van der Waals surface area contributed by atoms with Crippen LogP contribution in [0.3, 0.4) is 0 Å². The van der Waals surface area contributed by atoms with Crippen LogP contribution in [0.1, 0.15) is 38.7 Å². The Labute approximate surface area is 150 Å². The second kappa shape index (κ2) is 8.52. The molecule has 6 nitrogen and oxygen atoms in total. The summed E-state index contributed by atoms with van der Waals surface area (Å²) >= 11 is 0. The molecular weight excluding hydrogens is 316 g/mol. The molecule has 1 saturated heterocycles. The van der Waals surface area contributed by atoms with Crippen LogP contribution < -0.4 is 15.5 Å². The lowest BCUT2D eigenvalue weighted by atomic mass is 9.80.